The van der Waals surface area contributed by atoms with Crippen LogP contribution < -0.4 is 16.0 Å². The van der Waals surface area contributed by atoms with Crippen LogP contribution in [0.15, 0.2) is 170 Å². The second kappa shape index (κ2) is 20.7. The highest BCUT2D eigenvalue weighted by atomic mass is 32.2. The Balaban J connectivity index is 1.13. The molecule has 11 heteroatoms. The highest BCUT2D eigenvalue weighted by Crippen LogP contribution is 2.49. The predicted octanol–water partition coefficient (Wildman–Crippen LogP) is 7.39. The molecule has 4 N–H and O–H groups in total. The Morgan fingerprint density at radius 1 is 0.661 bits per heavy atom. The Labute approximate surface area is 366 Å². The maximum absolute atomic E-state index is 14.6. The first-order valence-electron chi connectivity index (χ1n) is 20.5. The van der Waals surface area contributed by atoms with E-state index in [4.69, 9.17) is 9.47 Å². The van der Waals surface area contributed by atoms with Gasteiger partial charge in [-0.25, -0.2) is 4.79 Å². The van der Waals surface area contributed by atoms with Gasteiger partial charge in [0.15, 0.2) is 0 Å². The van der Waals surface area contributed by atoms with Gasteiger partial charge >= 0.3 is 12.1 Å². The number of hydrogen-bond acceptors (Lipinski definition) is 8. The summed E-state index contributed by atoms with van der Waals surface area (Å²) in [7, 11) is 1.23. The van der Waals surface area contributed by atoms with Gasteiger partial charge in [0, 0.05) is 11.7 Å². The number of amides is 3. The molecular formula is C51H49N3O7S. The molecule has 62 heavy (non-hydrogen) atoms. The second-order valence-electron chi connectivity index (χ2n) is 15.0. The van der Waals surface area contributed by atoms with E-state index in [1.165, 1.54) is 18.9 Å². The molecule has 7 rings (SSSR count). The molecule has 1 aliphatic carbocycles. The fourth-order valence-electron chi connectivity index (χ4n) is 8.04. The Morgan fingerprint density at radius 2 is 1.15 bits per heavy atom. The van der Waals surface area contributed by atoms with Gasteiger partial charge in [-0.15, -0.1) is 11.8 Å². The van der Waals surface area contributed by atoms with Gasteiger partial charge in [0.2, 0.25) is 11.8 Å². The number of carbonyl (C=O) groups is 4. The Hall–Kier alpha value is -6.69. The molecule has 3 atom stereocenters. The van der Waals surface area contributed by atoms with E-state index in [2.05, 4.69) is 28.1 Å². The van der Waals surface area contributed by atoms with Gasteiger partial charge in [-0.1, -0.05) is 170 Å². The van der Waals surface area contributed by atoms with E-state index in [-0.39, 0.29) is 31.1 Å². The van der Waals surface area contributed by atoms with E-state index in [0.29, 0.717) is 0 Å². The molecule has 0 aliphatic heterocycles. The van der Waals surface area contributed by atoms with Crippen molar-refractivity contribution in [1.82, 2.24) is 16.0 Å². The molecule has 316 valence electrons. The average Bonchev–Trinajstić information content (AvgIpc) is 3.64. The van der Waals surface area contributed by atoms with Crippen molar-refractivity contribution in [3.05, 3.63) is 203 Å². The van der Waals surface area contributed by atoms with Crippen molar-refractivity contribution in [2.45, 2.75) is 41.7 Å². The summed E-state index contributed by atoms with van der Waals surface area (Å²) in [5.41, 5.74) is 8.01. The van der Waals surface area contributed by atoms with Crippen molar-refractivity contribution in [1.29, 1.82) is 0 Å². The summed E-state index contributed by atoms with van der Waals surface area (Å²) in [6, 6.07) is 53.1. The molecule has 0 heterocycles. The number of benzene rings is 6. The van der Waals surface area contributed by atoms with Crippen LogP contribution in [0, 0.1) is 0 Å². The number of aliphatic hydroxyl groups excluding tert-OH is 1. The zero-order valence-electron chi connectivity index (χ0n) is 34.3. The maximum atomic E-state index is 14.6. The van der Waals surface area contributed by atoms with Crippen LogP contribution in [0.5, 0.6) is 0 Å². The van der Waals surface area contributed by atoms with Gasteiger partial charge in [0.1, 0.15) is 19.2 Å². The Kier molecular flexibility index (Phi) is 14.5. The fraction of sp³-hybridized carbons (Fsp3) is 0.216. The lowest BCUT2D eigenvalue weighted by Crippen LogP contribution is -2.55. The summed E-state index contributed by atoms with van der Waals surface area (Å²) in [6.45, 7) is -0.398. The third-order valence-electron chi connectivity index (χ3n) is 11.1. The quantitative estimate of drug-likeness (QED) is 0.0519. The number of carbonyl (C=O) groups excluding carboxylic acids is 4. The summed E-state index contributed by atoms with van der Waals surface area (Å²) in [5, 5.41) is 19.7. The molecule has 0 saturated carbocycles. The fourth-order valence-corrected chi connectivity index (χ4v) is 9.60. The smallest absolute Gasteiger partial charge is 0.407 e. The molecule has 0 radical (unpaired) electrons. The molecule has 0 unspecified atom stereocenters. The molecule has 0 spiro atoms. The number of aliphatic hydroxyl groups is 1. The van der Waals surface area contributed by atoms with Crippen LogP contribution >= 0.6 is 11.8 Å². The molecule has 6 aromatic carbocycles. The van der Waals surface area contributed by atoms with E-state index < -0.39 is 53.4 Å². The lowest BCUT2D eigenvalue weighted by molar-refractivity contribution is -0.143. The van der Waals surface area contributed by atoms with Crippen LogP contribution in [0.1, 0.15) is 45.7 Å². The van der Waals surface area contributed by atoms with Crippen molar-refractivity contribution < 1.29 is 33.8 Å². The molecule has 1 aliphatic rings. The predicted molar refractivity (Wildman–Crippen MR) is 241 cm³/mol. The first-order chi connectivity index (χ1) is 30.3. The van der Waals surface area contributed by atoms with Crippen LogP contribution in [-0.2, 0) is 35.0 Å². The summed E-state index contributed by atoms with van der Waals surface area (Å²) in [6.07, 6.45) is -2.24. The molecule has 0 bridgehead atoms. The minimum absolute atomic E-state index is 0.0619. The largest absolute Gasteiger partial charge is 0.469 e. The van der Waals surface area contributed by atoms with Gasteiger partial charge in [0.25, 0.3) is 0 Å². The number of thioether (sulfide) groups is 1. The number of ether oxygens (including phenoxy) is 2. The number of rotatable bonds is 18. The molecule has 0 fully saturated rings. The third kappa shape index (κ3) is 10.2. The molecule has 6 aromatic rings. The maximum Gasteiger partial charge on any atom is 0.407 e. The van der Waals surface area contributed by atoms with E-state index in [1.807, 2.05) is 158 Å². The Bertz CT molecular complexity index is 2290. The van der Waals surface area contributed by atoms with Crippen molar-refractivity contribution in [2.24, 2.45) is 0 Å². The van der Waals surface area contributed by atoms with Crippen molar-refractivity contribution in [2.75, 3.05) is 26.0 Å². The van der Waals surface area contributed by atoms with Gasteiger partial charge in [-0.3, -0.25) is 14.4 Å². The van der Waals surface area contributed by atoms with Crippen LogP contribution in [0.25, 0.3) is 11.1 Å². The number of hydrogen-bond donors (Lipinski definition) is 4. The van der Waals surface area contributed by atoms with Crippen molar-refractivity contribution in [3.63, 3.8) is 0 Å². The number of alkyl carbamates (subject to hydrolysis) is 1. The van der Waals surface area contributed by atoms with Gasteiger partial charge < -0.3 is 30.5 Å². The number of methoxy groups -OCH3 is 1. The topological polar surface area (TPSA) is 143 Å². The third-order valence-corrected chi connectivity index (χ3v) is 12.7. The zero-order valence-corrected chi connectivity index (χ0v) is 35.1. The summed E-state index contributed by atoms with van der Waals surface area (Å²) in [5.74, 6) is -1.95. The van der Waals surface area contributed by atoms with E-state index >= 15 is 0 Å². The van der Waals surface area contributed by atoms with Gasteiger partial charge in [-0.2, -0.15) is 0 Å². The molecule has 10 nitrogen and oxygen atoms in total. The van der Waals surface area contributed by atoms with Crippen LogP contribution in [0.2, 0.25) is 0 Å². The summed E-state index contributed by atoms with van der Waals surface area (Å²) < 4.78 is 9.68. The first kappa shape index (κ1) is 43.4. The number of nitrogens with one attached hydrogen (secondary N) is 3. The number of fused-ring (bicyclic) bond motifs is 3. The SMILES string of the molecule is COC(=O)C[C@H](O)[C@@H](Cc1ccccc1)NC(=O)[C@@H](CSC(c1ccccc1)(c1ccccc1)c1ccccc1)NC(=O)CNC(=O)OCC1c2ccccc2-c2ccccc21. The summed E-state index contributed by atoms with van der Waals surface area (Å²) >= 11 is 1.47. The van der Waals surface area contributed by atoms with Crippen molar-refractivity contribution >= 4 is 35.6 Å². The van der Waals surface area contributed by atoms with Crippen LogP contribution in [0.3, 0.4) is 0 Å². The highest BCUT2D eigenvalue weighted by molar-refractivity contribution is 8.00. The monoisotopic (exact) mass is 847 g/mol. The molecular weight excluding hydrogens is 799 g/mol. The van der Waals surface area contributed by atoms with Gasteiger partial charge in [-0.05, 0) is 50.9 Å². The second-order valence-corrected chi connectivity index (χ2v) is 16.3. The lowest BCUT2D eigenvalue weighted by atomic mass is 9.84. The molecule has 0 aromatic heterocycles. The lowest BCUT2D eigenvalue weighted by Gasteiger charge is -2.36. The number of esters is 1. The van der Waals surface area contributed by atoms with Crippen molar-refractivity contribution in [3.8, 4) is 11.1 Å². The van der Waals surface area contributed by atoms with E-state index in [9.17, 15) is 24.3 Å². The normalized spacial score (nSPS) is 13.4. The standard InChI is InChI=1S/C51H49N3O7S/c1-60-48(57)31-46(55)44(30-35-18-6-2-7-19-35)54-49(58)45(34-62-51(36-20-8-3-9-21-36,37-22-10-4-11-23-37)38-24-12-5-13-25-38)53-47(56)32-52-50(59)61-33-43-41-28-16-14-26-39(41)40-27-15-17-29-42(40)43/h2-29,43-46,55H,30-34H2,1H3,(H,52,59)(H,53,56)(H,54,58)/t44-,45-,46+/m1/s1. The Morgan fingerprint density at radius 3 is 1.66 bits per heavy atom. The molecule has 0 saturated heterocycles. The van der Waals surface area contributed by atoms with Crippen LogP contribution in [0.4, 0.5) is 4.79 Å². The minimum Gasteiger partial charge on any atom is -0.469 e. The highest BCUT2D eigenvalue weighted by Gasteiger charge is 2.39. The van der Waals surface area contributed by atoms with Crippen LogP contribution in [-0.4, -0.2) is 73.2 Å². The zero-order chi connectivity index (χ0) is 43.3. The van der Waals surface area contributed by atoms with E-state index in [0.717, 1.165) is 44.5 Å². The average molecular weight is 848 g/mol. The van der Waals surface area contributed by atoms with Gasteiger partial charge in [0.05, 0.1) is 30.4 Å². The summed E-state index contributed by atoms with van der Waals surface area (Å²) in [4.78, 5) is 53.8. The first-order valence-corrected chi connectivity index (χ1v) is 21.5. The minimum atomic E-state index is -1.30. The molecule has 3 amide bonds. The van der Waals surface area contributed by atoms with E-state index in [1.54, 1.807) is 0 Å².